The van der Waals surface area contributed by atoms with Gasteiger partial charge < -0.3 is 15.4 Å². The number of anilines is 1. The van der Waals surface area contributed by atoms with E-state index >= 15 is 0 Å². The third-order valence-corrected chi connectivity index (χ3v) is 6.24. The summed E-state index contributed by atoms with van der Waals surface area (Å²) in [5, 5.41) is 5.90. The van der Waals surface area contributed by atoms with Crippen LogP contribution in [0.15, 0.2) is 108 Å². The van der Waals surface area contributed by atoms with E-state index in [2.05, 4.69) is 26.6 Å². The lowest BCUT2D eigenvalue weighted by Crippen LogP contribution is -2.28. The van der Waals surface area contributed by atoms with Gasteiger partial charge in [-0.05, 0) is 48.4 Å². The first-order chi connectivity index (χ1) is 17.5. The van der Waals surface area contributed by atoms with Crippen LogP contribution in [0.25, 0.3) is 0 Å². The number of para-hydroxylation sites is 1. The van der Waals surface area contributed by atoms with E-state index in [1.807, 2.05) is 73.7 Å². The van der Waals surface area contributed by atoms with E-state index in [1.54, 1.807) is 36.4 Å². The molecule has 0 bridgehead atoms. The van der Waals surface area contributed by atoms with Gasteiger partial charge in [0.05, 0.1) is 29.5 Å². The Morgan fingerprint density at radius 1 is 0.806 bits per heavy atom. The highest BCUT2D eigenvalue weighted by atomic mass is 79.9. The molecule has 0 heterocycles. The number of amides is 2. The van der Waals surface area contributed by atoms with Crippen LogP contribution in [0.2, 0.25) is 0 Å². The average Bonchev–Trinajstić information content (AvgIpc) is 2.90. The van der Waals surface area contributed by atoms with Crippen molar-refractivity contribution in [2.45, 2.75) is 19.4 Å². The molecule has 2 N–H and O–H groups in total. The molecule has 4 aromatic carbocycles. The average molecular weight is 543 g/mol. The number of hydrogen-bond acceptors (Lipinski definition) is 3. The van der Waals surface area contributed by atoms with Crippen LogP contribution >= 0.6 is 15.9 Å². The molecule has 4 aromatic rings. The molecule has 0 aromatic heterocycles. The number of carbonyl (C=O) groups excluding carboxylic acids is 2. The van der Waals surface area contributed by atoms with E-state index in [1.165, 1.54) is 0 Å². The van der Waals surface area contributed by atoms with Gasteiger partial charge in [0.25, 0.3) is 11.8 Å². The number of benzene rings is 4. The van der Waals surface area contributed by atoms with E-state index in [0.29, 0.717) is 29.2 Å². The van der Waals surface area contributed by atoms with Crippen LogP contribution in [-0.4, -0.2) is 18.4 Å². The molecular formula is C30H27BrN2O3. The highest BCUT2D eigenvalue weighted by Gasteiger charge is 2.19. The van der Waals surface area contributed by atoms with Gasteiger partial charge in [0.2, 0.25) is 0 Å². The summed E-state index contributed by atoms with van der Waals surface area (Å²) < 4.78 is 6.73. The summed E-state index contributed by atoms with van der Waals surface area (Å²) in [5.74, 6) is -0.149. The highest BCUT2D eigenvalue weighted by molar-refractivity contribution is 9.10. The first-order valence-electron chi connectivity index (χ1n) is 11.7. The van der Waals surface area contributed by atoms with E-state index in [0.717, 1.165) is 22.0 Å². The Balaban J connectivity index is 1.48. The number of ether oxygens (including phenoxy) is 1. The smallest absolute Gasteiger partial charge is 0.259 e. The third kappa shape index (κ3) is 6.61. The summed E-state index contributed by atoms with van der Waals surface area (Å²) in [6.45, 7) is 2.36. The molecule has 182 valence electrons. The van der Waals surface area contributed by atoms with Gasteiger partial charge in [0.15, 0.2) is 0 Å². The lowest BCUT2D eigenvalue weighted by Gasteiger charge is -2.17. The molecule has 0 aliphatic rings. The molecule has 0 radical (unpaired) electrons. The van der Waals surface area contributed by atoms with Crippen molar-refractivity contribution in [3.8, 4) is 5.75 Å². The van der Waals surface area contributed by atoms with Crippen LogP contribution in [0.5, 0.6) is 5.75 Å². The number of halogens is 1. The van der Waals surface area contributed by atoms with Gasteiger partial charge in [-0.15, -0.1) is 0 Å². The fourth-order valence-corrected chi connectivity index (χ4v) is 4.17. The van der Waals surface area contributed by atoms with Gasteiger partial charge in [-0.1, -0.05) is 88.7 Å². The maximum atomic E-state index is 13.3. The van der Waals surface area contributed by atoms with E-state index in [4.69, 9.17) is 4.74 Å². The van der Waals surface area contributed by atoms with Crippen LogP contribution in [0.1, 0.15) is 44.8 Å². The number of hydrogen-bond donors (Lipinski definition) is 2. The second-order valence-corrected chi connectivity index (χ2v) is 9.25. The van der Waals surface area contributed by atoms with Crippen molar-refractivity contribution in [1.29, 1.82) is 0 Å². The molecule has 0 spiro atoms. The molecular weight excluding hydrogens is 516 g/mol. The van der Waals surface area contributed by atoms with Gasteiger partial charge in [-0.25, -0.2) is 0 Å². The summed E-state index contributed by atoms with van der Waals surface area (Å²) in [5.41, 5.74) is 3.35. The number of carbonyl (C=O) groups is 2. The monoisotopic (exact) mass is 542 g/mol. The Labute approximate surface area is 219 Å². The normalized spacial score (nSPS) is 11.4. The van der Waals surface area contributed by atoms with Crippen molar-refractivity contribution >= 4 is 33.4 Å². The van der Waals surface area contributed by atoms with Gasteiger partial charge >= 0.3 is 0 Å². The number of rotatable bonds is 9. The summed E-state index contributed by atoms with van der Waals surface area (Å²) in [6, 6.07) is 31.9. The van der Waals surface area contributed by atoms with E-state index in [9.17, 15) is 9.59 Å². The van der Waals surface area contributed by atoms with Crippen molar-refractivity contribution in [1.82, 2.24) is 5.32 Å². The topological polar surface area (TPSA) is 67.4 Å². The summed E-state index contributed by atoms with van der Waals surface area (Å²) >= 11 is 3.44. The van der Waals surface area contributed by atoms with Crippen molar-refractivity contribution in [3.63, 3.8) is 0 Å². The van der Waals surface area contributed by atoms with Gasteiger partial charge in [0.1, 0.15) is 5.75 Å². The molecule has 0 fully saturated rings. The Morgan fingerprint density at radius 3 is 2.22 bits per heavy atom. The van der Waals surface area contributed by atoms with Crippen LogP contribution in [-0.2, 0) is 6.42 Å². The molecule has 36 heavy (non-hydrogen) atoms. The predicted molar refractivity (Wildman–Crippen MR) is 147 cm³/mol. The fraction of sp³-hybridized carbons (Fsp3) is 0.133. The zero-order valence-corrected chi connectivity index (χ0v) is 21.5. The van der Waals surface area contributed by atoms with Gasteiger partial charge in [-0.3, -0.25) is 9.59 Å². The molecule has 1 unspecified atom stereocenters. The maximum absolute atomic E-state index is 13.3. The zero-order valence-electron chi connectivity index (χ0n) is 19.9. The molecule has 0 aliphatic heterocycles. The molecule has 6 heteroatoms. The molecule has 4 rings (SSSR count). The SMILES string of the molecule is CC(NC(=O)c1ccccc1NC(=O)c1cc(Br)ccc1OCCc1ccccc1)c1ccccc1. The first kappa shape index (κ1) is 25.2. The lowest BCUT2D eigenvalue weighted by molar-refractivity contribution is 0.0940. The maximum Gasteiger partial charge on any atom is 0.259 e. The summed E-state index contributed by atoms with van der Waals surface area (Å²) in [6.07, 6.45) is 0.723. The van der Waals surface area contributed by atoms with Gasteiger partial charge in [0, 0.05) is 10.9 Å². The van der Waals surface area contributed by atoms with Crippen molar-refractivity contribution < 1.29 is 14.3 Å². The Kier molecular flexibility index (Phi) is 8.53. The third-order valence-electron chi connectivity index (χ3n) is 5.74. The van der Waals surface area contributed by atoms with Crippen LogP contribution in [0.3, 0.4) is 0 Å². The van der Waals surface area contributed by atoms with Crippen LogP contribution in [0.4, 0.5) is 5.69 Å². The molecule has 5 nitrogen and oxygen atoms in total. The quantitative estimate of drug-likeness (QED) is 0.244. The molecule has 1 atom stereocenters. The molecule has 2 amide bonds. The molecule has 0 saturated heterocycles. The largest absolute Gasteiger partial charge is 0.492 e. The van der Waals surface area contributed by atoms with E-state index < -0.39 is 0 Å². The zero-order chi connectivity index (χ0) is 25.3. The minimum absolute atomic E-state index is 0.183. The summed E-state index contributed by atoms with van der Waals surface area (Å²) in [7, 11) is 0. The van der Waals surface area contributed by atoms with Gasteiger partial charge in [-0.2, -0.15) is 0 Å². The minimum Gasteiger partial charge on any atom is -0.492 e. The first-order valence-corrected chi connectivity index (χ1v) is 12.5. The van der Waals surface area contributed by atoms with Crippen molar-refractivity contribution in [3.05, 3.63) is 130 Å². The van der Waals surface area contributed by atoms with E-state index in [-0.39, 0.29) is 17.9 Å². The van der Waals surface area contributed by atoms with Crippen molar-refractivity contribution in [2.24, 2.45) is 0 Å². The second-order valence-electron chi connectivity index (χ2n) is 8.33. The second kappa shape index (κ2) is 12.2. The minimum atomic E-state index is -0.359. The Morgan fingerprint density at radius 2 is 1.47 bits per heavy atom. The Bertz CT molecular complexity index is 1330. The Hall–Kier alpha value is -3.90. The highest BCUT2D eigenvalue weighted by Crippen LogP contribution is 2.26. The summed E-state index contributed by atoms with van der Waals surface area (Å²) in [4.78, 5) is 26.4. The predicted octanol–water partition coefficient (Wildman–Crippen LogP) is 6.81. The molecule has 0 saturated carbocycles. The van der Waals surface area contributed by atoms with Crippen LogP contribution in [0, 0.1) is 0 Å². The molecule has 0 aliphatic carbocycles. The van der Waals surface area contributed by atoms with Crippen molar-refractivity contribution in [2.75, 3.05) is 11.9 Å². The fourth-order valence-electron chi connectivity index (χ4n) is 3.81. The lowest BCUT2D eigenvalue weighted by atomic mass is 10.1. The van der Waals surface area contributed by atoms with Crippen LogP contribution < -0.4 is 15.4 Å². The standard InChI is InChI=1S/C30H27BrN2O3/c1-21(23-12-6-3-7-13-23)32-29(34)25-14-8-9-15-27(25)33-30(35)26-20-24(31)16-17-28(26)36-19-18-22-10-4-2-5-11-22/h2-17,20-21H,18-19H2,1H3,(H,32,34)(H,33,35). The number of nitrogens with one attached hydrogen (secondary N) is 2.